The Morgan fingerprint density at radius 1 is 1.42 bits per heavy atom. The molecule has 0 N–H and O–H groups in total. The summed E-state index contributed by atoms with van der Waals surface area (Å²) < 4.78 is 0. The van der Waals surface area contributed by atoms with Gasteiger partial charge in [-0.25, -0.2) is 0 Å². The minimum atomic E-state index is -0.128. The van der Waals surface area contributed by atoms with Gasteiger partial charge in [0.2, 0.25) is 5.24 Å². The highest BCUT2D eigenvalue weighted by atomic mass is 35.5. The Hall–Kier alpha value is -0.300. The van der Waals surface area contributed by atoms with Crippen LogP contribution in [0.25, 0.3) is 0 Å². The van der Waals surface area contributed by atoms with Crippen LogP contribution in [0.1, 0.15) is 25.7 Å². The van der Waals surface area contributed by atoms with Gasteiger partial charge in [-0.1, -0.05) is 18.6 Å². The summed E-state index contributed by atoms with van der Waals surface area (Å²) >= 11 is 5.48. The highest BCUT2D eigenvalue weighted by molar-refractivity contribution is 6.64. The molecular weight excluding hydrogens is 172 g/mol. The SMILES string of the molecule is O=C(Cl)C1C2/C=C/CCCCC21. The first kappa shape index (κ1) is 8.31. The minimum absolute atomic E-state index is 0.128. The van der Waals surface area contributed by atoms with Gasteiger partial charge in [-0.05, 0) is 42.7 Å². The lowest BCUT2D eigenvalue weighted by molar-refractivity contribution is -0.113. The maximum atomic E-state index is 10.9. The Kier molecular flexibility index (Phi) is 2.22. The third-order valence-corrected chi connectivity index (χ3v) is 3.26. The van der Waals surface area contributed by atoms with Crippen molar-refractivity contribution in [3.63, 3.8) is 0 Å². The standard InChI is InChI=1S/C10H13ClO/c11-10(12)9-7-5-3-1-2-4-6-8(7)9/h3,5,7-9H,1-2,4,6H2/b5-3+. The van der Waals surface area contributed by atoms with Gasteiger partial charge in [0.05, 0.1) is 0 Å². The lowest BCUT2D eigenvalue weighted by atomic mass is 10.1. The highest BCUT2D eigenvalue weighted by Crippen LogP contribution is 2.52. The van der Waals surface area contributed by atoms with Crippen LogP contribution in [-0.2, 0) is 4.79 Å². The summed E-state index contributed by atoms with van der Waals surface area (Å²) in [5.74, 6) is 1.21. The van der Waals surface area contributed by atoms with Crippen molar-refractivity contribution < 1.29 is 4.79 Å². The molecule has 2 heteroatoms. The Balaban J connectivity index is 2.03. The second-order valence-corrected chi connectivity index (χ2v) is 4.16. The molecule has 0 aromatic heterocycles. The fourth-order valence-electron chi connectivity index (χ4n) is 2.25. The Labute approximate surface area is 77.8 Å². The molecule has 0 spiro atoms. The second kappa shape index (κ2) is 3.21. The average molecular weight is 185 g/mol. The van der Waals surface area contributed by atoms with E-state index in [9.17, 15) is 4.79 Å². The van der Waals surface area contributed by atoms with E-state index in [2.05, 4.69) is 12.2 Å². The van der Waals surface area contributed by atoms with Crippen LogP contribution in [0, 0.1) is 17.8 Å². The smallest absolute Gasteiger partial charge is 0.225 e. The van der Waals surface area contributed by atoms with Crippen molar-refractivity contribution in [1.29, 1.82) is 0 Å². The predicted molar refractivity (Wildman–Crippen MR) is 48.9 cm³/mol. The van der Waals surface area contributed by atoms with Crippen LogP contribution in [-0.4, -0.2) is 5.24 Å². The first-order valence-electron chi connectivity index (χ1n) is 4.66. The molecule has 1 nitrogen and oxygen atoms in total. The molecule has 66 valence electrons. The number of carbonyl (C=O) groups excluding carboxylic acids is 1. The summed E-state index contributed by atoms with van der Waals surface area (Å²) in [6.45, 7) is 0. The molecule has 0 heterocycles. The molecule has 1 saturated carbocycles. The molecule has 2 aliphatic rings. The highest BCUT2D eigenvalue weighted by Gasteiger charge is 2.51. The van der Waals surface area contributed by atoms with Crippen molar-refractivity contribution in [2.75, 3.05) is 0 Å². The molecule has 0 radical (unpaired) electrons. The zero-order chi connectivity index (χ0) is 8.55. The fourth-order valence-corrected chi connectivity index (χ4v) is 2.56. The van der Waals surface area contributed by atoms with E-state index in [4.69, 9.17) is 11.6 Å². The lowest BCUT2D eigenvalue weighted by Gasteiger charge is -1.99. The van der Waals surface area contributed by atoms with Crippen LogP contribution in [0.15, 0.2) is 12.2 Å². The van der Waals surface area contributed by atoms with Crippen molar-refractivity contribution in [3.05, 3.63) is 12.2 Å². The quantitative estimate of drug-likeness (QED) is 0.453. The molecule has 3 unspecified atom stereocenters. The fraction of sp³-hybridized carbons (Fsp3) is 0.700. The molecule has 12 heavy (non-hydrogen) atoms. The van der Waals surface area contributed by atoms with Crippen molar-refractivity contribution in [2.24, 2.45) is 17.8 Å². The van der Waals surface area contributed by atoms with Crippen molar-refractivity contribution >= 4 is 16.8 Å². The topological polar surface area (TPSA) is 17.1 Å². The van der Waals surface area contributed by atoms with Crippen LogP contribution in [0.2, 0.25) is 0 Å². The summed E-state index contributed by atoms with van der Waals surface area (Å²) in [4.78, 5) is 10.9. The summed E-state index contributed by atoms with van der Waals surface area (Å²) in [5.41, 5.74) is 0. The van der Waals surface area contributed by atoms with Gasteiger partial charge >= 0.3 is 0 Å². The molecular formula is C10H13ClO. The van der Waals surface area contributed by atoms with Gasteiger partial charge in [0, 0.05) is 5.92 Å². The zero-order valence-corrected chi connectivity index (χ0v) is 7.76. The van der Waals surface area contributed by atoms with Crippen LogP contribution < -0.4 is 0 Å². The third kappa shape index (κ3) is 1.42. The molecule has 0 bridgehead atoms. The number of carbonyl (C=O) groups is 1. The van der Waals surface area contributed by atoms with E-state index in [1.165, 1.54) is 25.7 Å². The maximum absolute atomic E-state index is 10.9. The number of rotatable bonds is 1. The van der Waals surface area contributed by atoms with Crippen molar-refractivity contribution in [1.82, 2.24) is 0 Å². The van der Waals surface area contributed by atoms with E-state index in [1.54, 1.807) is 0 Å². The van der Waals surface area contributed by atoms with Crippen molar-refractivity contribution in [3.8, 4) is 0 Å². The van der Waals surface area contributed by atoms with Crippen LogP contribution in [0.5, 0.6) is 0 Å². The van der Waals surface area contributed by atoms with Gasteiger partial charge in [0.1, 0.15) is 0 Å². The predicted octanol–water partition coefficient (Wildman–Crippen LogP) is 2.74. The van der Waals surface area contributed by atoms with E-state index < -0.39 is 0 Å². The Morgan fingerprint density at radius 2 is 2.25 bits per heavy atom. The van der Waals surface area contributed by atoms with Gasteiger partial charge in [0.15, 0.2) is 0 Å². The van der Waals surface area contributed by atoms with Gasteiger partial charge in [0.25, 0.3) is 0 Å². The molecule has 0 aliphatic heterocycles. The van der Waals surface area contributed by atoms with E-state index in [1.807, 2.05) is 0 Å². The summed E-state index contributed by atoms with van der Waals surface area (Å²) in [6.07, 6.45) is 9.28. The molecule has 1 fully saturated rings. The van der Waals surface area contributed by atoms with Gasteiger partial charge < -0.3 is 0 Å². The summed E-state index contributed by atoms with van der Waals surface area (Å²) in [6, 6.07) is 0. The van der Waals surface area contributed by atoms with Crippen LogP contribution in [0.4, 0.5) is 0 Å². The number of allylic oxidation sites excluding steroid dienone is 2. The monoisotopic (exact) mass is 184 g/mol. The first-order chi connectivity index (χ1) is 5.80. The van der Waals surface area contributed by atoms with E-state index in [-0.39, 0.29) is 11.2 Å². The number of fused-ring (bicyclic) bond motifs is 1. The van der Waals surface area contributed by atoms with Gasteiger partial charge in [-0.15, -0.1) is 0 Å². The van der Waals surface area contributed by atoms with E-state index >= 15 is 0 Å². The van der Waals surface area contributed by atoms with E-state index in [0.29, 0.717) is 11.8 Å². The van der Waals surface area contributed by atoms with E-state index in [0.717, 1.165) is 0 Å². The summed E-state index contributed by atoms with van der Waals surface area (Å²) in [7, 11) is 0. The number of hydrogen-bond acceptors (Lipinski definition) is 1. The maximum Gasteiger partial charge on any atom is 0.225 e. The largest absolute Gasteiger partial charge is 0.281 e. The zero-order valence-electron chi connectivity index (χ0n) is 7.00. The Morgan fingerprint density at radius 3 is 3.00 bits per heavy atom. The molecule has 0 aromatic rings. The average Bonchev–Trinajstić information content (AvgIpc) is 2.60. The van der Waals surface area contributed by atoms with Crippen LogP contribution in [0.3, 0.4) is 0 Å². The minimum Gasteiger partial charge on any atom is -0.281 e. The third-order valence-electron chi connectivity index (χ3n) is 3.01. The molecule has 2 rings (SSSR count). The van der Waals surface area contributed by atoms with Gasteiger partial charge in [-0.2, -0.15) is 0 Å². The number of halogens is 1. The van der Waals surface area contributed by atoms with Gasteiger partial charge in [-0.3, -0.25) is 4.79 Å². The molecule has 3 atom stereocenters. The molecule has 0 amide bonds. The van der Waals surface area contributed by atoms with Crippen molar-refractivity contribution in [2.45, 2.75) is 25.7 Å². The molecule has 0 aromatic carbocycles. The van der Waals surface area contributed by atoms with Crippen LogP contribution >= 0.6 is 11.6 Å². The molecule has 0 saturated heterocycles. The number of hydrogen-bond donors (Lipinski definition) is 0. The lowest BCUT2D eigenvalue weighted by Crippen LogP contribution is -1.92. The Bertz CT molecular complexity index is 222. The second-order valence-electron chi connectivity index (χ2n) is 3.78. The summed E-state index contributed by atoms with van der Waals surface area (Å²) in [5, 5.41) is -0.128. The normalized spacial score (nSPS) is 42.2. The molecule has 2 aliphatic carbocycles. The first-order valence-corrected chi connectivity index (χ1v) is 5.04.